The highest BCUT2D eigenvalue weighted by atomic mass is 127. The summed E-state index contributed by atoms with van der Waals surface area (Å²) in [6.07, 6.45) is -2.47. The Kier molecular flexibility index (Phi) is 8.01. The summed E-state index contributed by atoms with van der Waals surface area (Å²) in [4.78, 5) is 30.4. The van der Waals surface area contributed by atoms with Crippen LogP contribution in [0.5, 0.6) is 0 Å². The lowest BCUT2D eigenvalue weighted by Crippen LogP contribution is -2.26. The Hall–Kier alpha value is -3.53. The zero-order valence-corrected chi connectivity index (χ0v) is 22.8. The van der Waals surface area contributed by atoms with Crippen LogP contribution < -0.4 is 10.6 Å². The van der Waals surface area contributed by atoms with Gasteiger partial charge in [0.25, 0.3) is 11.8 Å². The van der Waals surface area contributed by atoms with Crippen LogP contribution in [0.3, 0.4) is 0 Å². The molecule has 2 N–H and O–H groups in total. The molecule has 0 aliphatic heterocycles. The number of rotatable bonds is 7. The van der Waals surface area contributed by atoms with E-state index in [1.807, 2.05) is 0 Å². The number of pyridine rings is 1. The summed E-state index contributed by atoms with van der Waals surface area (Å²) in [5.74, 6) is -0.878. The van der Waals surface area contributed by atoms with Crippen molar-refractivity contribution < 1.29 is 22.8 Å². The minimum Gasteiger partial charge on any atom is -0.352 e. The molecule has 0 fully saturated rings. The number of halogens is 5. The van der Waals surface area contributed by atoms with Crippen molar-refractivity contribution in [2.45, 2.75) is 26.6 Å². The molecule has 198 valence electrons. The number of anilines is 1. The lowest BCUT2D eigenvalue weighted by atomic mass is 10.1. The van der Waals surface area contributed by atoms with Crippen molar-refractivity contribution in [1.29, 1.82) is 0 Å². The maximum absolute atomic E-state index is 13.5. The largest absolute Gasteiger partial charge is 0.436 e. The highest BCUT2D eigenvalue weighted by Gasteiger charge is 2.34. The topological polar surface area (TPSA) is 120 Å². The molecule has 0 radical (unpaired) electrons. The fourth-order valence-electron chi connectivity index (χ4n) is 3.56. The fraction of sp³-hybridized carbons (Fsp3) is 0.217. The predicted octanol–water partition coefficient (Wildman–Crippen LogP) is 4.49. The van der Waals surface area contributed by atoms with Gasteiger partial charge in [-0.05, 0) is 72.3 Å². The number of hydrogen-bond acceptors (Lipinski definition) is 6. The summed E-state index contributed by atoms with van der Waals surface area (Å²) >= 11 is 8.38. The van der Waals surface area contributed by atoms with Crippen LogP contribution >= 0.6 is 34.2 Å². The van der Waals surface area contributed by atoms with E-state index in [2.05, 4.69) is 53.6 Å². The van der Waals surface area contributed by atoms with E-state index in [0.717, 1.165) is 14.4 Å². The van der Waals surface area contributed by atoms with Crippen LogP contribution in [0.15, 0.2) is 42.7 Å². The molecule has 0 spiro atoms. The van der Waals surface area contributed by atoms with E-state index in [1.165, 1.54) is 16.9 Å². The third-order valence-corrected chi connectivity index (χ3v) is 6.12. The molecule has 4 rings (SSSR count). The molecule has 0 aliphatic rings. The molecule has 4 aromatic rings. The first kappa shape index (κ1) is 27.5. The van der Waals surface area contributed by atoms with Gasteiger partial charge in [-0.25, -0.2) is 14.3 Å². The third-order valence-electron chi connectivity index (χ3n) is 5.21. The molecule has 3 heterocycles. The van der Waals surface area contributed by atoms with Crippen molar-refractivity contribution in [3.8, 4) is 5.82 Å². The van der Waals surface area contributed by atoms with Gasteiger partial charge in [-0.15, -0.1) is 5.10 Å². The molecule has 0 atom stereocenters. The summed E-state index contributed by atoms with van der Waals surface area (Å²) in [5, 5.41) is 16.7. The zero-order chi connectivity index (χ0) is 27.6. The van der Waals surface area contributed by atoms with Crippen molar-refractivity contribution in [2.24, 2.45) is 0 Å². The molecular formula is C23H19ClF3IN8O2. The summed E-state index contributed by atoms with van der Waals surface area (Å²) < 4.78 is 41.8. The Morgan fingerprint density at radius 1 is 1.18 bits per heavy atom. The van der Waals surface area contributed by atoms with Gasteiger partial charge in [0.2, 0.25) is 0 Å². The Labute approximate surface area is 232 Å². The van der Waals surface area contributed by atoms with Gasteiger partial charge in [-0.3, -0.25) is 9.59 Å². The van der Waals surface area contributed by atoms with Gasteiger partial charge >= 0.3 is 6.18 Å². The Morgan fingerprint density at radius 3 is 2.61 bits per heavy atom. The van der Waals surface area contributed by atoms with E-state index < -0.39 is 17.8 Å². The molecular weight excluding hydrogens is 640 g/mol. The number of nitrogens with one attached hydrogen (secondary N) is 2. The van der Waals surface area contributed by atoms with Gasteiger partial charge in [-0.1, -0.05) is 16.8 Å². The van der Waals surface area contributed by atoms with Gasteiger partial charge in [0.05, 0.1) is 34.7 Å². The van der Waals surface area contributed by atoms with Crippen LogP contribution in [0.2, 0.25) is 5.02 Å². The molecule has 1 aromatic carbocycles. The summed E-state index contributed by atoms with van der Waals surface area (Å²) in [7, 11) is 0. The van der Waals surface area contributed by atoms with E-state index in [1.54, 1.807) is 38.1 Å². The van der Waals surface area contributed by atoms with Gasteiger partial charge in [-0.2, -0.15) is 18.3 Å². The van der Waals surface area contributed by atoms with Crippen LogP contribution in [0.4, 0.5) is 18.9 Å². The first-order chi connectivity index (χ1) is 18.0. The number of aryl methyl sites for hydroxylation is 1. The number of nitrogens with zero attached hydrogens (tertiary/aromatic N) is 6. The molecule has 0 saturated carbocycles. The number of carbonyl (C=O) groups excluding carboxylic acids is 2. The van der Waals surface area contributed by atoms with Crippen molar-refractivity contribution >= 4 is 51.7 Å². The zero-order valence-electron chi connectivity index (χ0n) is 19.8. The normalized spacial score (nSPS) is 11.4. The average Bonchev–Trinajstić information content (AvgIpc) is 3.49. The smallest absolute Gasteiger partial charge is 0.352 e. The maximum atomic E-state index is 13.5. The molecule has 15 heteroatoms. The molecule has 3 aromatic heterocycles. The summed E-state index contributed by atoms with van der Waals surface area (Å²) in [5.41, 5.74) is 0.240. The summed E-state index contributed by atoms with van der Waals surface area (Å²) in [6, 6.07) is 7.98. The predicted molar refractivity (Wildman–Crippen MR) is 140 cm³/mol. The first-order valence-corrected chi connectivity index (χ1v) is 12.5. The van der Waals surface area contributed by atoms with E-state index in [-0.39, 0.29) is 40.2 Å². The second-order valence-electron chi connectivity index (χ2n) is 8.00. The minimum atomic E-state index is -4.66. The van der Waals surface area contributed by atoms with Crippen LogP contribution in [-0.2, 0) is 12.7 Å². The molecule has 0 saturated heterocycles. The van der Waals surface area contributed by atoms with Crippen molar-refractivity contribution in [1.82, 2.24) is 35.1 Å². The van der Waals surface area contributed by atoms with Crippen LogP contribution in [0.1, 0.15) is 44.7 Å². The summed E-state index contributed by atoms with van der Waals surface area (Å²) in [6.45, 7) is 3.71. The first-order valence-electron chi connectivity index (χ1n) is 11.0. The number of amides is 2. The van der Waals surface area contributed by atoms with E-state index in [4.69, 9.17) is 11.6 Å². The molecule has 10 nitrogen and oxygen atoms in total. The second kappa shape index (κ2) is 11.1. The number of carbonyl (C=O) groups is 2. The highest BCUT2D eigenvalue weighted by molar-refractivity contribution is 14.1. The van der Waals surface area contributed by atoms with Gasteiger partial charge in [0, 0.05) is 16.3 Å². The third kappa shape index (κ3) is 5.96. The number of hydrogen-bond donors (Lipinski definition) is 2. The highest BCUT2D eigenvalue weighted by Crippen LogP contribution is 2.28. The minimum absolute atomic E-state index is 0.0171. The van der Waals surface area contributed by atoms with E-state index in [9.17, 15) is 22.8 Å². The Balaban J connectivity index is 1.74. The molecule has 2 amide bonds. The van der Waals surface area contributed by atoms with E-state index >= 15 is 0 Å². The number of alkyl halides is 3. The van der Waals surface area contributed by atoms with E-state index in [0.29, 0.717) is 17.8 Å². The fourth-order valence-corrected chi connectivity index (χ4v) is 4.54. The standard InChI is InChI=1S/C23H19ClF3IN8O2/c1-3-29-21(37)15-8-13(28)7-12(2)19(15)31-22(38)17-9-14(10-35-11-18(32-34-35)23(25,26)27)33-36(17)20-16(24)5-4-6-30-20/h4-9,11H,3,10H2,1-2H3,(H,29,37)(H,31,38). The Morgan fingerprint density at radius 2 is 1.95 bits per heavy atom. The average molecular weight is 659 g/mol. The maximum Gasteiger partial charge on any atom is 0.436 e. The van der Waals surface area contributed by atoms with Crippen molar-refractivity contribution in [2.75, 3.05) is 11.9 Å². The monoisotopic (exact) mass is 658 g/mol. The molecule has 0 bridgehead atoms. The Bertz CT molecular complexity index is 1520. The SMILES string of the molecule is CCNC(=O)c1cc(I)cc(C)c1NC(=O)c1cc(Cn2cc(C(F)(F)F)nn2)nn1-c1ncccc1Cl. The quantitative estimate of drug-likeness (QED) is 0.283. The number of aromatic nitrogens is 6. The van der Waals surface area contributed by atoms with Crippen LogP contribution in [0.25, 0.3) is 5.82 Å². The van der Waals surface area contributed by atoms with Crippen LogP contribution in [-0.4, -0.2) is 48.1 Å². The van der Waals surface area contributed by atoms with Crippen molar-refractivity contribution in [3.63, 3.8) is 0 Å². The number of benzene rings is 1. The molecule has 0 unspecified atom stereocenters. The van der Waals surface area contributed by atoms with Crippen molar-refractivity contribution in [3.05, 3.63) is 79.5 Å². The lowest BCUT2D eigenvalue weighted by molar-refractivity contribution is -0.141. The molecule has 0 aliphatic carbocycles. The van der Waals surface area contributed by atoms with Gasteiger partial charge in [0.15, 0.2) is 11.5 Å². The van der Waals surface area contributed by atoms with Gasteiger partial charge in [0.1, 0.15) is 5.69 Å². The lowest BCUT2D eigenvalue weighted by Gasteiger charge is -2.15. The molecule has 38 heavy (non-hydrogen) atoms. The van der Waals surface area contributed by atoms with Gasteiger partial charge < -0.3 is 10.6 Å². The van der Waals surface area contributed by atoms with Crippen LogP contribution in [0, 0.1) is 10.5 Å². The second-order valence-corrected chi connectivity index (χ2v) is 9.65.